The molecule has 0 aliphatic carbocycles. The molecule has 0 aromatic heterocycles. The lowest BCUT2D eigenvalue weighted by Gasteiger charge is -2.19. The monoisotopic (exact) mass is 264 g/mol. The van der Waals surface area contributed by atoms with Gasteiger partial charge in [-0.15, -0.1) is 0 Å². The molecule has 1 aliphatic heterocycles. The summed E-state index contributed by atoms with van der Waals surface area (Å²) in [6.07, 6.45) is 0. The summed E-state index contributed by atoms with van der Waals surface area (Å²) in [6, 6.07) is 5.58. The second-order valence-corrected chi connectivity index (χ2v) is 4.91. The van der Waals surface area contributed by atoms with E-state index >= 15 is 0 Å². The predicted molar refractivity (Wildman–Crippen MR) is 73.8 cm³/mol. The quantitative estimate of drug-likeness (QED) is 0.849. The third-order valence-electron chi connectivity index (χ3n) is 2.70. The summed E-state index contributed by atoms with van der Waals surface area (Å²) in [4.78, 5) is 11.6. The first-order chi connectivity index (χ1) is 9.15. The molecular weight excluding hydrogens is 244 g/mol. The van der Waals surface area contributed by atoms with Crippen molar-refractivity contribution in [1.29, 1.82) is 0 Å². The van der Waals surface area contributed by atoms with Crippen LogP contribution in [0.5, 0.6) is 11.5 Å². The minimum absolute atomic E-state index is 0.0106. The maximum absolute atomic E-state index is 11.6. The number of hydrogen-bond acceptors (Lipinski definition) is 4. The summed E-state index contributed by atoms with van der Waals surface area (Å²) in [5.41, 5.74) is 0.851. The van der Waals surface area contributed by atoms with Gasteiger partial charge in [0.05, 0.1) is 6.54 Å². The van der Waals surface area contributed by atoms with Gasteiger partial charge in [0.25, 0.3) is 0 Å². The molecule has 5 heteroatoms. The highest BCUT2D eigenvalue weighted by molar-refractivity contribution is 5.80. The van der Waals surface area contributed by atoms with Gasteiger partial charge in [-0.25, -0.2) is 0 Å². The fourth-order valence-corrected chi connectivity index (χ4v) is 1.72. The standard InChI is InChI=1S/C14H20N2O3/c1-10(2)8-16-14(17)9-15-11-3-4-12-13(7-11)19-6-5-18-12/h3-4,7,10,15H,5-6,8-9H2,1-2H3,(H,16,17). The van der Waals surface area contributed by atoms with E-state index in [0.29, 0.717) is 25.7 Å². The van der Waals surface area contributed by atoms with E-state index in [1.165, 1.54) is 0 Å². The van der Waals surface area contributed by atoms with Gasteiger partial charge in [0.15, 0.2) is 11.5 Å². The first-order valence-electron chi connectivity index (χ1n) is 6.55. The molecule has 2 rings (SSSR count). The maximum atomic E-state index is 11.6. The Morgan fingerprint density at radius 3 is 2.74 bits per heavy atom. The van der Waals surface area contributed by atoms with Crippen LogP contribution in [0.25, 0.3) is 0 Å². The summed E-state index contributed by atoms with van der Waals surface area (Å²) in [6.45, 7) is 6.22. The molecule has 104 valence electrons. The zero-order valence-electron chi connectivity index (χ0n) is 11.4. The van der Waals surface area contributed by atoms with Crippen LogP contribution in [0.4, 0.5) is 5.69 Å². The highest BCUT2D eigenvalue weighted by Gasteiger charge is 2.11. The highest BCUT2D eigenvalue weighted by atomic mass is 16.6. The van der Waals surface area contributed by atoms with Crippen LogP contribution in [0, 0.1) is 5.92 Å². The molecule has 0 bridgehead atoms. The van der Waals surface area contributed by atoms with Crippen LogP contribution in [-0.2, 0) is 4.79 Å². The number of fused-ring (bicyclic) bond motifs is 1. The third kappa shape index (κ3) is 4.05. The minimum Gasteiger partial charge on any atom is -0.486 e. The number of carbonyl (C=O) groups excluding carboxylic acids is 1. The molecule has 19 heavy (non-hydrogen) atoms. The van der Waals surface area contributed by atoms with E-state index in [1.54, 1.807) is 0 Å². The Morgan fingerprint density at radius 2 is 2.00 bits per heavy atom. The van der Waals surface area contributed by atoms with Gasteiger partial charge in [-0.1, -0.05) is 13.8 Å². The smallest absolute Gasteiger partial charge is 0.239 e. The van der Waals surface area contributed by atoms with Gasteiger partial charge >= 0.3 is 0 Å². The molecule has 0 atom stereocenters. The van der Waals surface area contributed by atoms with E-state index in [-0.39, 0.29) is 12.5 Å². The Hall–Kier alpha value is -1.91. The van der Waals surface area contributed by atoms with Crippen molar-refractivity contribution in [3.63, 3.8) is 0 Å². The van der Waals surface area contributed by atoms with Crippen LogP contribution in [0.15, 0.2) is 18.2 Å². The van der Waals surface area contributed by atoms with Gasteiger partial charge < -0.3 is 20.1 Å². The fourth-order valence-electron chi connectivity index (χ4n) is 1.72. The van der Waals surface area contributed by atoms with Crippen LogP contribution < -0.4 is 20.1 Å². The van der Waals surface area contributed by atoms with Crippen molar-refractivity contribution >= 4 is 11.6 Å². The largest absolute Gasteiger partial charge is 0.486 e. The topological polar surface area (TPSA) is 59.6 Å². The van der Waals surface area contributed by atoms with Gasteiger partial charge in [-0.2, -0.15) is 0 Å². The third-order valence-corrected chi connectivity index (χ3v) is 2.70. The molecule has 2 N–H and O–H groups in total. The molecule has 1 amide bonds. The van der Waals surface area contributed by atoms with Crippen molar-refractivity contribution in [3.05, 3.63) is 18.2 Å². The summed E-state index contributed by atoms with van der Waals surface area (Å²) < 4.78 is 10.9. The van der Waals surface area contributed by atoms with Gasteiger partial charge in [0, 0.05) is 18.3 Å². The molecule has 0 saturated heterocycles. The lowest BCUT2D eigenvalue weighted by molar-refractivity contribution is -0.119. The van der Waals surface area contributed by atoms with Crippen molar-refractivity contribution in [3.8, 4) is 11.5 Å². The van der Waals surface area contributed by atoms with Crippen LogP contribution in [0.2, 0.25) is 0 Å². The first kappa shape index (κ1) is 13.5. The van der Waals surface area contributed by atoms with Crippen molar-refractivity contribution in [2.75, 3.05) is 31.6 Å². The van der Waals surface area contributed by atoms with Gasteiger partial charge in [0.2, 0.25) is 5.91 Å². The molecule has 0 fully saturated rings. The fraction of sp³-hybridized carbons (Fsp3) is 0.500. The molecule has 1 aliphatic rings. The Kier molecular flexibility index (Phi) is 4.49. The van der Waals surface area contributed by atoms with E-state index in [2.05, 4.69) is 24.5 Å². The number of amides is 1. The first-order valence-corrected chi connectivity index (χ1v) is 6.55. The van der Waals surface area contributed by atoms with E-state index in [4.69, 9.17) is 9.47 Å². The molecular formula is C14H20N2O3. The van der Waals surface area contributed by atoms with Crippen molar-refractivity contribution in [1.82, 2.24) is 5.32 Å². The van der Waals surface area contributed by atoms with E-state index in [0.717, 1.165) is 17.2 Å². The number of nitrogens with one attached hydrogen (secondary N) is 2. The lowest BCUT2D eigenvalue weighted by atomic mass is 10.2. The number of rotatable bonds is 5. The predicted octanol–water partition coefficient (Wildman–Crippen LogP) is 1.64. The number of benzene rings is 1. The highest BCUT2D eigenvalue weighted by Crippen LogP contribution is 2.32. The normalized spacial score (nSPS) is 13.2. The van der Waals surface area contributed by atoms with Gasteiger partial charge in [0.1, 0.15) is 13.2 Å². The van der Waals surface area contributed by atoms with Crippen molar-refractivity contribution < 1.29 is 14.3 Å². The van der Waals surface area contributed by atoms with Gasteiger partial charge in [-0.05, 0) is 18.1 Å². The van der Waals surface area contributed by atoms with Crippen molar-refractivity contribution in [2.45, 2.75) is 13.8 Å². The zero-order valence-corrected chi connectivity index (χ0v) is 11.4. The average molecular weight is 264 g/mol. The average Bonchev–Trinajstić information content (AvgIpc) is 2.42. The van der Waals surface area contributed by atoms with Crippen LogP contribution in [-0.4, -0.2) is 32.2 Å². The van der Waals surface area contributed by atoms with Crippen molar-refractivity contribution in [2.24, 2.45) is 5.92 Å². The lowest BCUT2D eigenvalue weighted by Crippen LogP contribution is -2.32. The number of hydrogen-bond donors (Lipinski definition) is 2. The summed E-state index contributed by atoms with van der Waals surface area (Å²) in [5.74, 6) is 1.92. The molecule has 1 aromatic rings. The number of ether oxygens (including phenoxy) is 2. The molecule has 5 nitrogen and oxygen atoms in total. The minimum atomic E-state index is -0.0106. The van der Waals surface area contributed by atoms with E-state index < -0.39 is 0 Å². The van der Waals surface area contributed by atoms with Crippen LogP contribution >= 0.6 is 0 Å². The zero-order chi connectivity index (χ0) is 13.7. The molecule has 0 unspecified atom stereocenters. The Morgan fingerprint density at radius 1 is 1.26 bits per heavy atom. The number of carbonyl (C=O) groups is 1. The van der Waals surface area contributed by atoms with E-state index in [9.17, 15) is 4.79 Å². The molecule has 0 radical (unpaired) electrons. The SMILES string of the molecule is CC(C)CNC(=O)CNc1ccc2c(c1)OCCO2. The second-order valence-electron chi connectivity index (χ2n) is 4.91. The molecule has 1 heterocycles. The Balaban J connectivity index is 1.84. The molecule has 1 aromatic carbocycles. The summed E-state index contributed by atoms with van der Waals surface area (Å²) in [7, 11) is 0. The molecule has 0 spiro atoms. The van der Waals surface area contributed by atoms with Crippen LogP contribution in [0.1, 0.15) is 13.8 Å². The molecule has 0 saturated carbocycles. The second kappa shape index (κ2) is 6.31. The van der Waals surface area contributed by atoms with E-state index in [1.807, 2.05) is 18.2 Å². The summed E-state index contributed by atoms with van der Waals surface area (Å²) in [5, 5.41) is 5.93. The number of anilines is 1. The van der Waals surface area contributed by atoms with Gasteiger partial charge in [-0.3, -0.25) is 4.79 Å². The Bertz CT molecular complexity index is 446. The summed E-state index contributed by atoms with van der Waals surface area (Å²) >= 11 is 0. The van der Waals surface area contributed by atoms with Crippen LogP contribution in [0.3, 0.4) is 0 Å². The maximum Gasteiger partial charge on any atom is 0.239 e. The Labute approximate surface area is 113 Å².